The van der Waals surface area contributed by atoms with Crippen LogP contribution in [0, 0.1) is 5.82 Å². The van der Waals surface area contributed by atoms with Crippen LogP contribution in [0.4, 0.5) is 10.1 Å². The molecule has 0 aliphatic carbocycles. The highest BCUT2D eigenvalue weighted by Gasteiger charge is 2.45. The molecule has 3 heterocycles. The summed E-state index contributed by atoms with van der Waals surface area (Å²) in [5.41, 5.74) is 0.876. The first-order chi connectivity index (χ1) is 17.0. The molecular formula is C26H18FNO7. The molecule has 2 aliphatic rings. The van der Waals surface area contributed by atoms with Crippen LogP contribution in [0.1, 0.15) is 17.0 Å². The molecule has 0 bridgehead atoms. The van der Waals surface area contributed by atoms with Crippen molar-refractivity contribution in [2.45, 2.75) is 12.0 Å². The fourth-order valence-electron chi connectivity index (χ4n) is 4.50. The van der Waals surface area contributed by atoms with Gasteiger partial charge in [-0.15, -0.1) is 0 Å². The van der Waals surface area contributed by atoms with Gasteiger partial charge in [0.2, 0.25) is 12.5 Å². The van der Waals surface area contributed by atoms with E-state index in [1.54, 1.807) is 36.4 Å². The van der Waals surface area contributed by atoms with Crippen LogP contribution in [0.3, 0.4) is 0 Å². The van der Waals surface area contributed by atoms with Gasteiger partial charge in [0.25, 0.3) is 5.91 Å². The molecule has 1 amide bonds. The van der Waals surface area contributed by atoms with Crippen molar-refractivity contribution in [3.63, 3.8) is 0 Å². The van der Waals surface area contributed by atoms with Crippen molar-refractivity contribution in [2.75, 3.05) is 19.2 Å². The lowest BCUT2D eigenvalue weighted by atomic mass is 9.87. The standard InChI is InChI=1S/C26H18FNO7/c1-31-18-10-13(11-19-23(18)33-12-32-19)20-21-22(16-4-2-3-5-17(16)34-26(21)30)35-24(20)25(29)28-15-8-6-14(27)7-9-15/h2-11,20,24H,12H2,1H3,(H,28,29)/t20-,24-/m0/s1. The topological polar surface area (TPSA) is 96.2 Å². The van der Waals surface area contributed by atoms with Gasteiger partial charge in [0.1, 0.15) is 17.1 Å². The number of rotatable bonds is 4. The molecule has 6 rings (SSSR count). The van der Waals surface area contributed by atoms with Crippen LogP contribution in [0.2, 0.25) is 0 Å². The van der Waals surface area contributed by atoms with Crippen molar-refractivity contribution in [1.29, 1.82) is 0 Å². The van der Waals surface area contributed by atoms with E-state index in [0.717, 1.165) is 0 Å². The van der Waals surface area contributed by atoms with Gasteiger partial charge in [-0.1, -0.05) is 12.1 Å². The van der Waals surface area contributed by atoms with E-state index in [4.69, 9.17) is 23.4 Å². The summed E-state index contributed by atoms with van der Waals surface area (Å²) in [5.74, 6) is -0.248. The molecule has 1 aromatic heterocycles. The molecule has 0 saturated carbocycles. The molecule has 1 N–H and O–H groups in total. The Morgan fingerprint density at radius 3 is 2.66 bits per heavy atom. The molecule has 2 aliphatic heterocycles. The normalized spacial score (nSPS) is 17.7. The van der Waals surface area contributed by atoms with Gasteiger partial charge in [0.15, 0.2) is 17.6 Å². The monoisotopic (exact) mass is 475 g/mol. The van der Waals surface area contributed by atoms with Gasteiger partial charge in [-0.2, -0.15) is 0 Å². The van der Waals surface area contributed by atoms with Crippen molar-refractivity contribution >= 4 is 22.6 Å². The van der Waals surface area contributed by atoms with Gasteiger partial charge in [0, 0.05) is 5.69 Å². The number of carbonyl (C=O) groups excluding carboxylic acids is 1. The Labute approximate surface area is 197 Å². The number of hydrogen-bond acceptors (Lipinski definition) is 7. The van der Waals surface area contributed by atoms with Crippen LogP contribution in [-0.4, -0.2) is 25.9 Å². The maximum atomic E-state index is 13.4. The molecule has 4 aromatic rings. The fourth-order valence-corrected chi connectivity index (χ4v) is 4.50. The predicted octanol–water partition coefficient (Wildman–Crippen LogP) is 4.20. The fraction of sp³-hybridized carbons (Fsp3) is 0.154. The summed E-state index contributed by atoms with van der Waals surface area (Å²) in [4.78, 5) is 26.6. The average molecular weight is 475 g/mol. The van der Waals surface area contributed by atoms with Gasteiger partial charge >= 0.3 is 5.63 Å². The summed E-state index contributed by atoms with van der Waals surface area (Å²) in [6.45, 7) is 0.0220. The lowest BCUT2D eigenvalue weighted by molar-refractivity contribution is -0.122. The largest absolute Gasteiger partial charge is 0.493 e. The Morgan fingerprint density at radius 1 is 1.06 bits per heavy atom. The van der Waals surface area contributed by atoms with Gasteiger partial charge in [0.05, 0.1) is 24.0 Å². The van der Waals surface area contributed by atoms with E-state index in [1.165, 1.54) is 31.4 Å². The summed E-state index contributed by atoms with van der Waals surface area (Å²) in [6, 6.07) is 15.7. The van der Waals surface area contributed by atoms with Crippen LogP contribution in [0.15, 0.2) is 69.9 Å². The van der Waals surface area contributed by atoms with E-state index in [0.29, 0.717) is 39.5 Å². The highest BCUT2D eigenvalue weighted by atomic mass is 19.1. The number of anilines is 1. The van der Waals surface area contributed by atoms with E-state index in [1.807, 2.05) is 0 Å². The maximum Gasteiger partial charge on any atom is 0.344 e. The Morgan fingerprint density at radius 2 is 1.86 bits per heavy atom. The number of para-hydroxylation sites is 1. The van der Waals surface area contributed by atoms with Gasteiger partial charge < -0.3 is 28.7 Å². The Balaban J connectivity index is 1.51. The first-order valence-electron chi connectivity index (χ1n) is 10.8. The third kappa shape index (κ3) is 3.43. The first-order valence-corrected chi connectivity index (χ1v) is 10.8. The average Bonchev–Trinajstić information content (AvgIpc) is 3.50. The molecule has 35 heavy (non-hydrogen) atoms. The van der Waals surface area contributed by atoms with E-state index in [-0.39, 0.29) is 18.1 Å². The lowest BCUT2D eigenvalue weighted by Gasteiger charge is -2.20. The zero-order chi connectivity index (χ0) is 24.1. The third-order valence-corrected chi connectivity index (χ3v) is 6.07. The number of hydrogen-bond donors (Lipinski definition) is 1. The number of fused-ring (bicyclic) bond motifs is 4. The number of ether oxygens (including phenoxy) is 4. The van der Waals surface area contributed by atoms with Gasteiger partial charge in [-0.05, 0) is 54.1 Å². The highest BCUT2D eigenvalue weighted by molar-refractivity contribution is 5.97. The zero-order valence-electron chi connectivity index (χ0n) is 18.4. The molecule has 0 fully saturated rings. The minimum atomic E-state index is -1.13. The molecule has 0 spiro atoms. The highest BCUT2D eigenvalue weighted by Crippen LogP contribution is 2.49. The molecule has 3 aromatic carbocycles. The number of halogens is 1. The van der Waals surface area contributed by atoms with E-state index in [2.05, 4.69) is 5.32 Å². The number of carbonyl (C=O) groups is 1. The molecule has 0 saturated heterocycles. The van der Waals surface area contributed by atoms with Gasteiger partial charge in [-0.3, -0.25) is 4.79 Å². The Hall–Kier alpha value is -4.53. The minimum absolute atomic E-state index is 0.0220. The molecule has 0 radical (unpaired) electrons. The van der Waals surface area contributed by atoms with Crippen LogP contribution in [0.5, 0.6) is 23.0 Å². The zero-order valence-corrected chi connectivity index (χ0v) is 18.4. The number of methoxy groups -OCH3 is 1. The van der Waals surface area contributed by atoms with E-state index in [9.17, 15) is 14.0 Å². The predicted molar refractivity (Wildman–Crippen MR) is 123 cm³/mol. The summed E-state index contributed by atoms with van der Waals surface area (Å²) in [5, 5.41) is 3.31. The SMILES string of the molecule is COc1cc([C@H]2c3c(c4ccccc4oc3=O)O[C@@H]2C(=O)Nc2ccc(F)cc2)cc2c1OCO2. The van der Waals surface area contributed by atoms with Crippen molar-refractivity contribution in [1.82, 2.24) is 0 Å². The van der Waals surface area contributed by atoms with E-state index < -0.39 is 29.4 Å². The molecule has 176 valence electrons. The number of nitrogens with one attached hydrogen (secondary N) is 1. The van der Waals surface area contributed by atoms with Crippen molar-refractivity contribution in [3.8, 4) is 23.0 Å². The lowest BCUT2D eigenvalue weighted by Crippen LogP contribution is -2.35. The Kier molecular flexibility index (Phi) is 4.84. The molecule has 8 nitrogen and oxygen atoms in total. The Bertz CT molecular complexity index is 1530. The van der Waals surface area contributed by atoms with Crippen LogP contribution >= 0.6 is 0 Å². The smallest absolute Gasteiger partial charge is 0.344 e. The molecule has 2 atom stereocenters. The summed E-state index contributed by atoms with van der Waals surface area (Å²) >= 11 is 0. The second-order valence-electron chi connectivity index (χ2n) is 8.10. The summed E-state index contributed by atoms with van der Waals surface area (Å²) in [6.07, 6.45) is -1.13. The first kappa shape index (κ1) is 21.0. The molecular weight excluding hydrogens is 457 g/mol. The summed E-state index contributed by atoms with van der Waals surface area (Å²) in [7, 11) is 1.49. The maximum absolute atomic E-state index is 13.4. The van der Waals surface area contributed by atoms with E-state index >= 15 is 0 Å². The van der Waals surface area contributed by atoms with Gasteiger partial charge in [-0.25, -0.2) is 9.18 Å². The van der Waals surface area contributed by atoms with Crippen LogP contribution in [-0.2, 0) is 4.79 Å². The minimum Gasteiger partial charge on any atom is -0.493 e. The second-order valence-corrected chi connectivity index (χ2v) is 8.10. The molecule has 9 heteroatoms. The quantitative estimate of drug-likeness (QED) is 0.442. The van der Waals surface area contributed by atoms with Crippen molar-refractivity contribution < 1.29 is 32.5 Å². The second kappa shape index (κ2) is 8.05. The van der Waals surface area contributed by atoms with Crippen molar-refractivity contribution in [2.24, 2.45) is 0 Å². The molecule has 0 unspecified atom stereocenters. The van der Waals surface area contributed by atoms with Crippen LogP contribution in [0.25, 0.3) is 11.0 Å². The number of amides is 1. The number of benzene rings is 3. The third-order valence-electron chi connectivity index (χ3n) is 6.07. The summed E-state index contributed by atoms with van der Waals surface area (Å²) < 4.78 is 41.6. The van der Waals surface area contributed by atoms with Crippen molar-refractivity contribution in [3.05, 3.63) is 88.0 Å². The van der Waals surface area contributed by atoms with Crippen LogP contribution < -0.4 is 29.9 Å².